The monoisotopic (exact) mass is 348 g/mol. The lowest BCUT2D eigenvalue weighted by atomic mass is 9.87. The van der Waals surface area contributed by atoms with Crippen LogP contribution in [0.4, 0.5) is 0 Å². The van der Waals surface area contributed by atoms with Crippen LogP contribution in [-0.2, 0) is 11.2 Å². The van der Waals surface area contributed by atoms with Gasteiger partial charge in [-0.25, -0.2) is 0 Å². The van der Waals surface area contributed by atoms with Gasteiger partial charge in [0.2, 0.25) is 5.91 Å². The highest BCUT2D eigenvalue weighted by Gasteiger charge is 2.37. The van der Waals surface area contributed by atoms with Crippen molar-refractivity contribution in [2.24, 2.45) is 0 Å². The zero-order valence-electron chi connectivity index (χ0n) is 14.6. The number of imide groups is 1. The Balaban J connectivity index is 1.53. The zero-order chi connectivity index (χ0) is 18.3. The quantitative estimate of drug-likeness (QED) is 0.802. The van der Waals surface area contributed by atoms with E-state index in [4.69, 9.17) is 0 Å². The summed E-state index contributed by atoms with van der Waals surface area (Å²) in [5, 5.41) is 0. The number of nitrogens with zero attached hydrogens (tertiary/aromatic N) is 2. The molecule has 0 unspecified atom stereocenters. The molecule has 2 aromatic rings. The summed E-state index contributed by atoms with van der Waals surface area (Å²) in [6.45, 7) is -0.221. The van der Waals surface area contributed by atoms with Gasteiger partial charge in [-0.3, -0.25) is 19.3 Å². The molecular formula is C21H20N2O3. The number of benzene rings is 2. The fraction of sp³-hybridized carbons (Fsp3) is 0.286. The Bertz CT molecular complexity index is 871. The van der Waals surface area contributed by atoms with E-state index in [9.17, 15) is 14.4 Å². The summed E-state index contributed by atoms with van der Waals surface area (Å²) in [7, 11) is 1.76. The molecule has 1 atom stereocenters. The molecule has 1 aliphatic carbocycles. The van der Waals surface area contributed by atoms with E-state index in [1.165, 1.54) is 5.56 Å². The van der Waals surface area contributed by atoms with E-state index < -0.39 is 11.8 Å². The predicted molar refractivity (Wildman–Crippen MR) is 96.7 cm³/mol. The number of carbonyl (C=O) groups excluding carboxylic acids is 3. The maximum absolute atomic E-state index is 12.8. The minimum atomic E-state index is -0.392. The standard InChI is InChI=1S/C21H20N2O3/c1-22(18-12-6-8-14-7-2-3-9-15(14)18)19(24)13-23-20(25)16-10-4-5-11-17(16)21(23)26/h2-5,7,9-11,18H,6,8,12-13H2,1H3/t18-/m1/s1. The second-order valence-corrected chi connectivity index (χ2v) is 6.85. The van der Waals surface area contributed by atoms with Gasteiger partial charge in [-0.1, -0.05) is 36.4 Å². The fourth-order valence-electron chi connectivity index (χ4n) is 3.93. The summed E-state index contributed by atoms with van der Waals surface area (Å²) in [5.41, 5.74) is 3.17. The molecule has 0 N–H and O–H groups in total. The molecule has 0 saturated heterocycles. The van der Waals surface area contributed by atoms with E-state index in [0.717, 1.165) is 29.7 Å². The van der Waals surface area contributed by atoms with Crippen molar-refractivity contribution >= 4 is 17.7 Å². The van der Waals surface area contributed by atoms with Gasteiger partial charge in [-0.15, -0.1) is 0 Å². The normalized spacial score (nSPS) is 18.5. The number of hydrogen-bond acceptors (Lipinski definition) is 3. The second-order valence-electron chi connectivity index (χ2n) is 6.85. The summed E-state index contributed by atoms with van der Waals surface area (Å²) < 4.78 is 0. The van der Waals surface area contributed by atoms with Gasteiger partial charge in [-0.05, 0) is 42.5 Å². The van der Waals surface area contributed by atoms with E-state index in [-0.39, 0.29) is 18.5 Å². The molecule has 5 nitrogen and oxygen atoms in total. The average molecular weight is 348 g/mol. The second kappa shape index (κ2) is 6.41. The maximum atomic E-state index is 12.8. The van der Waals surface area contributed by atoms with Crippen LogP contribution in [0.3, 0.4) is 0 Å². The summed E-state index contributed by atoms with van der Waals surface area (Å²) in [5.74, 6) is -1.01. The lowest BCUT2D eigenvalue weighted by Crippen LogP contribution is -2.43. The number of carbonyl (C=O) groups is 3. The van der Waals surface area contributed by atoms with Crippen LogP contribution < -0.4 is 0 Å². The number of hydrogen-bond donors (Lipinski definition) is 0. The molecule has 0 bridgehead atoms. The molecule has 0 fully saturated rings. The third-order valence-corrected chi connectivity index (χ3v) is 5.37. The highest BCUT2D eigenvalue weighted by Crippen LogP contribution is 2.33. The Morgan fingerprint density at radius 2 is 1.65 bits per heavy atom. The maximum Gasteiger partial charge on any atom is 0.262 e. The smallest absolute Gasteiger partial charge is 0.262 e. The van der Waals surface area contributed by atoms with Crippen LogP contribution in [-0.4, -0.2) is 41.1 Å². The van der Waals surface area contributed by atoms with Crippen LogP contribution in [0, 0.1) is 0 Å². The highest BCUT2D eigenvalue weighted by atomic mass is 16.2. The summed E-state index contributed by atoms with van der Waals surface area (Å²) in [4.78, 5) is 40.5. The highest BCUT2D eigenvalue weighted by molar-refractivity contribution is 6.22. The van der Waals surface area contributed by atoms with Crippen molar-refractivity contribution in [3.8, 4) is 0 Å². The molecule has 5 heteroatoms. The SMILES string of the molecule is CN(C(=O)CN1C(=O)c2ccccc2C1=O)[C@@H]1CCCc2ccccc21. The lowest BCUT2D eigenvalue weighted by molar-refractivity contribution is -0.132. The third-order valence-electron chi connectivity index (χ3n) is 5.37. The van der Waals surface area contributed by atoms with Gasteiger partial charge >= 0.3 is 0 Å². The van der Waals surface area contributed by atoms with Crippen molar-refractivity contribution in [1.29, 1.82) is 0 Å². The molecule has 26 heavy (non-hydrogen) atoms. The van der Waals surface area contributed by atoms with E-state index >= 15 is 0 Å². The first-order valence-corrected chi connectivity index (χ1v) is 8.86. The van der Waals surface area contributed by atoms with E-state index in [1.54, 1.807) is 36.2 Å². The lowest BCUT2D eigenvalue weighted by Gasteiger charge is -2.34. The fourth-order valence-corrected chi connectivity index (χ4v) is 3.93. The van der Waals surface area contributed by atoms with Gasteiger partial charge < -0.3 is 4.90 Å². The van der Waals surface area contributed by atoms with Crippen LogP contribution in [0.5, 0.6) is 0 Å². The Labute approximate surface area is 152 Å². The van der Waals surface area contributed by atoms with Gasteiger partial charge in [0.15, 0.2) is 0 Å². The molecule has 4 rings (SSSR count). The van der Waals surface area contributed by atoms with Crippen molar-refractivity contribution < 1.29 is 14.4 Å². The van der Waals surface area contributed by atoms with Gasteiger partial charge in [0.25, 0.3) is 11.8 Å². The van der Waals surface area contributed by atoms with Crippen molar-refractivity contribution in [2.75, 3.05) is 13.6 Å². The first-order chi connectivity index (χ1) is 12.6. The van der Waals surface area contributed by atoms with E-state index in [1.807, 2.05) is 12.1 Å². The largest absolute Gasteiger partial charge is 0.337 e. The van der Waals surface area contributed by atoms with Gasteiger partial charge in [-0.2, -0.15) is 0 Å². The molecule has 2 aromatic carbocycles. The van der Waals surface area contributed by atoms with Gasteiger partial charge in [0.1, 0.15) is 6.54 Å². The molecule has 0 spiro atoms. The number of fused-ring (bicyclic) bond motifs is 2. The van der Waals surface area contributed by atoms with Crippen LogP contribution in [0.1, 0.15) is 50.7 Å². The Kier molecular flexibility index (Phi) is 4.07. The molecule has 0 aromatic heterocycles. The van der Waals surface area contributed by atoms with Crippen molar-refractivity contribution in [3.05, 3.63) is 70.8 Å². The van der Waals surface area contributed by atoms with Crippen LogP contribution >= 0.6 is 0 Å². The minimum Gasteiger partial charge on any atom is -0.337 e. The number of amides is 3. The molecule has 3 amide bonds. The molecule has 0 radical (unpaired) electrons. The first-order valence-electron chi connectivity index (χ1n) is 8.86. The third kappa shape index (κ3) is 2.60. The van der Waals surface area contributed by atoms with E-state index in [2.05, 4.69) is 12.1 Å². The van der Waals surface area contributed by atoms with Crippen molar-refractivity contribution in [1.82, 2.24) is 9.80 Å². The van der Waals surface area contributed by atoms with E-state index in [0.29, 0.717) is 11.1 Å². The summed E-state index contributed by atoms with van der Waals surface area (Å²) >= 11 is 0. The van der Waals surface area contributed by atoms with Gasteiger partial charge in [0, 0.05) is 7.05 Å². The Morgan fingerprint density at radius 1 is 1.04 bits per heavy atom. The molecule has 1 heterocycles. The molecule has 1 aliphatic heterocycles. The molecule has 132 valence electrons. The number of rotatable bonds is 3. The van der Waals surface area contributed by atoms with Crippen LogP contribution in [0.25, 0.3) is 0 Å². The number of aryl methyl sites for hydroxylation is 1. The molecule has 2 aliphatic rings. The van der Waals surface area contributed by atoms with Crippen LogP contribution in [0.2, 0.25) is 0 Å². The Hall–Kier alpha value is -2.95. The molecular weight excluding hydrogens is 328 g/mol. The van der Waals surface area contributed by atoms with Gasteiger partial charge in [0.05, 0.1) is 17.2 Å². The topological polar surface area (TPSA) is 57.7 Å². The Morgan fingerprint density at radius 3 is 2.35 bits per heavy atom. The minimum absolute atomic E-state index is 0.0115. The van der Waals surface area contributed by atoms with Crippen molar-refractivity contribution in [3.63, 3.8) is 0 Å². The number of likely N-dealkylation sites (N-methyl/N-ethyl adjacent to an activating group) is 1. The molecule has 0 saturated carbocycles. The average Bonchev–Trinajstić information content (AvgIpc) is 2.92. The summed E-state index contributed by atoms with van der Waals surface area (Å²) in [6, 6.07) is 14.8. The van der Waals surface area contributed by atoms with Crippen LogP contribution in [0.15, 0.2) is 48.5 Å². The predicted octanol–water partition coefficient (Wildman–Crippen LogP) is 2.82. The summed E-state index contributed by atoms with van der Waals surface area (Å²) in [6.07, 6.45) is 2.93. The zero-order valence-corrected chi connectivity index (χ0v) is 14.6. The van der Waals surface area contributed by atoms with Crippen molar-refractivity contribution in [2.45, 2.75) is 25.3 Å². The first kappa shape index (κ1) is 16.5.